The minimum absolute atomic E-state index is 0.127. The molecule has 29 heavy (non-hydrogen) atoms. The predicted molar refractivity (Wildman–Crippen MR) is 111 cm³/mol. The van der Waals surface area contributed by atoms with Gasteiger partial charge >= 0.3 is 0 Å². The normalized spacial score (nSPS) is 14.2. The van der Waals surface area contributed by atoms with E-state index in [9.17, 15) is 14.0 Å². The SMILES string of the molecule is CCCOc1cccc(NC2=C(c3ccc(F)cc3)C(=O)N(CC(C)C)C2=O)c1. The predicted octanol–water partition coefficient (Wildman–Crippen LogP) is 4.46. The van der Waals surface area contributed by atoms with Crippen molar-refractivity contribution in [2.24, 2.45) is 5.92 Å². The van der Waals surface area contributed by atoms with Crippen LogP contribution in [0.3, 0.4) is 0 Å². The average molecular weight is 396 g/mol. The van der Waals surface area contributed by atoms with Crippen LogP contribution in [0.4, 0.5) is 10.1 Å². The molecule has 2 aromatic carbocycles. The van der Waals surface area contributed by atoms with Crippen LogP contribution in [0.2, 0.25) is 0 Å². The quantitative estimate of drug-likeness (QED) is 0.669. The van der Waals surface area contributed by atoms with Crippen molar-refractivity contribution < 1.29 is 18.7 Å². The molecule has 0 bridgehead atoms. The van der Waals surface area contributed by atoms with Gasteiger partial charge in [0, 0.05) is 18.3 Å². The number of benzene rings is 2. The van der Waals surface area contributed by atoms with Crippen molar-refractivity contribution in [3.8, 4) is 5.75 Å². The van der Waals surface area contributed by atoms with Crippen molar-refractivity contribution in [1.82, 2.24) is 4.90 Å². The number of anilines is 1. The van der Waals surface area contributed by atoms with Gasteiger partial charge in [-0.25, -0.2) is 4.39 Å². The molecule has 0 saturated heterocycles. The van der Waals surface area contributed by atoms with E-state index in [1.165, 1.54) is 29.2 Å². The van der Waals surface area contributed by atoms with Crippen molar-refractivity contribution in [1.29, 1.82) is 0 Å². The van der Waals surface area contributed by atoms with E-state index >= 15 is 0 Å². The second kappa shape index (κ2) is 8.90. The first-order chi connectivity index (χ1) is 13.9. The van der Waals surface area contributed by atoms with Gasteiger partial charge in [0.25, 0.3) is 11.8 Å². The number of hydrogen-bond donors (Lipinski definition) is 1. The topological polar surface area (TPSA) is 58.6 Å². The molecular weight excluding hydrogens is 371 g/mol. The highest BCUT2D eigenvalue weighted by molar-refractivity contribution is 6.36. The fourth-order valence-corrected chi connectivity index (χ4v) is 3.14. The molecule has 0 saturated carbocycles. The molecule has 0 aliphatic carbocycles. The summed E-state index contributed by atoms with van der Waals surface area (Å²) < 4.78 is 19.0. The van der Waals surface area contributed by atoms with Crippen LogP contribution in [0, 0.1) is 11.7 Å². The lowest BCUT2D eigenvalue weighted by Crippen LogP contribution is -2.35. The number of carbonyl (C=O) groups is 2. The van der Waals surface area contributed by atoms with Gasteiger partial charge in [-0.3, -0.25) is 14.5 Å². The highest BCUT2D eigenvalue weighted by Gasteiger charge is 2.39. The summed E-state index contributed by atoms with van der Waals surface area (Å²) in [7, 11) is 0. The molecule has 1 aliphatic rings. The van der Waals surface area contributed by atoms with Crippen molar-refractivity contribution in [2.45, 2.75) is 27.2 Å². The lowest BCUT2D eigenvalue weighted by Gasteiger charge is -2.17. The van der Waals surface area contributed by atoms with Crippen LogP contribution < -0.4 is 10.1 Å². The van der Waals surface area contributed by atoms with E-state index in [1.807, 2.05) is 32.9 Å². The van der Waals surface area contributed by atoms with Gasteiger partial charge < -0.3 is 10.1 Å². The highest BCUT2D eigenvalue weighted by atomic mass is 19.1. The van der Waals surface area contributed by atoms with Gasteiger partial charge in [0.15, 0.2) is 0 Å². The first kappa shape index (κ1) is 20.6. The number of nitrogens with zero attached hydrogens (tertiary/aromatic N) is 1. The number of amides is 2. The van der Waals surface area contributed by atoms with Crippen LogP contribution in [0.15, 0.2) is 54.2 Å². The molecule has 5 nitrogen and oxygen atoms in total. The van der Waals surface area contributed by atoms with E-state index in [4.69, 9.17) is 4.74 Å². The van der Waals surface area contributed by atoms with E-state index < -0.39 is 5.82 Å². The zero-order chi connectivity index (χ0) is 21.0. The van der Waals surface area contributed by atoms with Crippen molar-refractivity contribution in [3.05, 3.63) is 65.6 Å². The monoisotopic (exact) mass is 396 g/mol. The Hall–Kier alpha value is -3.15. The number of halogens is 1. The summed E-state index contributed by atoms with van der Waals surface area (Å²) in [5.41, 5.74) is 1.57. The number of ether oxygens (including phenoxy) is 1. The molecule has 2 amide bonds. The molecule has 2 aromatic rings. The molecule has 152 valence electrons. The Morgan fingerprint density at radius 3 is 2.45 bits per heavy atom. The summed E-state index contributed by atoms with van der Waals surface area (Å²) in [5.74, 6) is -0.362. The van der Waals surface area contributed by atoms with Crippen molar-refractivity contribution in [2.75, 3.05) is 18.5 Å². The largest absolute Gasteiger partial charge is 0.494 e. The van der Waals surface area contributed by atoms with Gasteiger partial charge in [0.05, 0.1) is 12.2 Å². The third-order valence-corrected chi connectivity index (χ3v) is 4.42. The number of nitrogens with one attached hydrogen (secondary N) is 1. The van der Waals surface area contributed by atoms with Crippen LogP contribution in [0.1, 0.15) is 32.8 Å². The first-order valence-electron chi connectivity index (χ1n) is 9.77. The minimum Gasteiger partial charge on any atom is -0.494 e. The van der Waals surface area contributed by atoms with E-state index in [1.54, 1.807) is 12.1 Å². The Kier molecular flexibility index (Phi) is 6.32. The maximum Gasteiger partial charge on any atom is 0.278 e. The Bertz CT molecular complexity index is 935. The molecule has 0 unspecified atom stereocenters. The average Bonchev–Trinajstić information content (AvgIpc) is 2.91. The van der Waals surface area contributed by atoms with E-state index in [0.29, 0.717) is 30.2 Å². The fourth-order valence-electron chi connectivity index (χ4n) is 3.14. The maximum atomic E-state index is 13.4. The molecule has 1 N–H and O–H groups in total. The summed E-state index contributed by atoms with van der Waals surface area (Å²) in [4.78, 5) is 27.3. The lowest BCUT2D eigenvalue weighted by atomic mass is 10.0. The van der Waals surface area contributed by atoms with Gasteiger partial charge in [0.1, 0.15) is 17.3 Å². The Balaban J connectivity index is 1.99. The molecule has 0 atom stereocenters. The molecule has 3 rings (SSSR count). The van der Waals surface area contributed by atoms with Crippen molar-refractivity contribution in [3.63, 3.8) is 0 Å². The second-order valence-electron chi connectivity index (χ2n) is 7.37. The molecular formula is C23H25FN2O3. The van der Waals surface area contributed by atoms with E-state index in [-0.39, 0.29) is 29.0 Å². The maximum absolute atomic E-state index is 13.4. The zero-order valence-corrected chi connectivity index (χ0v) is 16.9. The molecule has 1 heterocycles. The molecule has 0 fully saturated rings. The van der Waals surface area contributed by atoms with Gasteiger partial charge in [-0.1, -0.05) is 39.0 Å². The van der Waals surface area contributed by atoms with Crippen molar-refractivity contribution >= 4 is 23.1 Å². The molecule has 0 aromatic heterocycles. The molecule has 0 spiro atoms. The van der Waals surface area contributed by atoms with Crippen LogP contribution in [-0.4, -0.2) is 29.9 Å². The molecule has 0 radical (unpaired) electrons. The fraction of sp³-hybridized carbons (Fsp3) is 0.304. The number of rotatable bonds is 8. The number of hydrogen-bond acceptors (Lipinski definition) is 4. The number of carbonyl (C=O) groups excluding carboxylic acids is 2. The van der Waals surface area contributed by atoms with Crippen LogP contribution in [-0.2, 0) is 9.59 Å². The summed E-state index contributed by atoms with van der Waals surface area (Å²) in [6.45, 7) is 6.81. The summed E-state index contributed by atoms with van der Waals surface area (Å²) in [5, 5.41) is 3.10. The van der Waals surface area contributed by atoms with Gasteiger partial charge in [-0.05, 0) is 42.2 Å². The first-order valence-corrected chi connectivity index (χ1v) is 9.77. The summed E-state index contributed by atoms with van der Waals surface area (Å²) >= 11 is 0. The van der Waals surface area contributed by atoms with Crippen LogP contribution in [0.5, 0.6) is 5.75 Å². The Morgan fingerprint density at radius 2 is 1.79 bits per heavy atom. The summed E-state index contributed by atoms with van der Waals surface area (Å²) in [6.07, 6.45) is 0.884. The third-order valence-electron chi connectivity index (χ3n) is 4.42. The van der Waals surface area contributed by atoms with Gasteiger partial charge in [-0.2, -0.15) is 0 Å². The Morgan fingerprint density at radius 1 is 1.07 bits per heavy atom. The van der Waals surface area contributed by atoms with E-state index in [2.05, 4.69) is 5.32 Å². The molecule has 1 aliphatic heterocycles. The summed E-state index contributed by atoms with van der Waals surface area (Å²) in [6, 6.07) is 12.8. The minimum atomic E-state index is -0.402. The van der Waals surface area contributed by atoms with E-state index in [0.717, 1.165) is 6.42 Å². The standard InChI is InChI=1S/C23H25FN2O3/c1-4-12-29-19-7-5-6-18(13-19)25-21-20(16-8-10-17(24)11-9-16)22(27)26(23(21)28)14-15(2)3/h5-11,13,15,25H,4,12,14H2,1-3H3. The lowest BCUT2D eigenvalue weighted by molar-refractivity contribution is -0.137. The number of imide groups is 1. The third kappa shape index (κ3) is 4.65. The van der Waals surface area contributed by atoms with Gasteiger partial charge in [-0.15, -0.1) is 0 Å². The second-order valence-corrected chi connectivity index (χ2v) is 7.37. The highest BCUT2D eigenvalue weighted by Crippen LogP contribution is 2.31. The van der Waals surface area contributed by atoms with Crippen LogP contribution >= 0.6 is 0 Å². The zero-order valence-electron chi connectivity index (χ0n) is 16.9. The van der Waals surface area contributed by atoms with Crippen LogP contribution in [0.25, 0.3) is 5.57 Å². The smallest absolute Gasteiger partial charge is 0.278 e. The Labute approximate surface area is 170 Å². The van der Waals surface area contributed by atoms with Gasteiger partial charge in [0.2, 0.25) is 0 Å². The molecule has 6 heteroatoms.